The van der Waals surface area contributed by atoms with Gasteiger partial charge in [0.2, 0.25) is 0 Å². The number of benzene rings is 2. The van der Waals surface area contributed by atoms with E-state index in [2.05, 4.69) is 20.6 Å². The number of hydrogen-bond donors (Lipinski definition) is 2. The molecule has 0 aliphatic heterocycles. The summed E-state index contributed by atoms with van der Waals surface area (Å²) in [6.07, 6.45) is 1.55. The molecule has 0 aliphatic carbocycles. The molecular formula is C22H17FN4O2. The topological polar surface area (TPSA) is 80.0 Å². The molecule has 29 heavy (non-hydrogen) atoms. The Morgan fingerprint density at radius 1 is 0.966 bits per heavy atom. The highest BCUT2D eigenvalue weighted by molar-refractivity contribution is 5.93. The van der Waals surface area contributed by atoms with Gasteiger partial charge in [-0.2, -0.15) is 0 Å². The van der Waals surface area contributed by atoms with Crippen LogP contribution < -0.4 is 10.6 Å². The summed E-state index contributed by atoms with van der Waals surface area (Å²) in [5.41, 5.74) is 1.62. The lowest BCUT2D eigenvalue weighted by molar-refractivity contribution is 0.0943. The largest absolute Gasteiger partial charge is 0.467 e. The molecule has 0 atom stereocenters. The van der Waals surface area contributed by atoms with E-state index in [9.17, 15) is 9.18 Å². The number of carbonyl (C=O) groups is 1. The fourth-order valence-electron chi connectivity index (χ4n) is 2.70. The zero-order chi connectivity index (χ0) is 20.1. The Morgan fingerprint density at radius 2 is 1.76 bits per heavy atom. The summed E-state index contributed by atoms with van der Waals surface area (Å²) < 4.78 is 18.4. The molecule has 2 aromatic carbocycles. The average Bonchev–Trinajstić information content (AvgIpc) is 3.28. The van der Waals surface area contributed by atoms with E-state index < -0.39 is 0 Å². The Labute approximate surface area is 166 Å². The molecule has 4 aromatic rings. The second kappa shape index (κ2) is 8.35. The fraction of sp³-hybridized carbons (Fsp3) is 0.0455. The van der Waals surface area contributed by atoms with Crippen LogP contribution in [0.3, 0.4) is 0 Å². The fourth-order valence-corrected chi connectivity index (χ4v) is 2.70. The third-order valence-corrected chi connectivity index (χ3v) is 4.11. The molecule has 1 amide bonds. The first-order valence-electron chi connectivity index (χ1n) is 8.95. The van der Waals surface area contributed by atoms with Gasteiger partial charge in [-0.3, -0.25) is 4.79 Å². The van der Waals surface area contributed by atoms with Crippen molar-refractivity contribution in [1.82, 2.24) is 15.3 Å². The molecule has 0 unspecified atom stereocenters. The third kappa shape index (κ3) is 4.65. The van der Waals surface area contributed by atoms with Crippen LogP contribution in [-0.2, 0) is 6.54 Å². The van der Waals surface area contributed by atoms with Crippen molar-refractivity contribution in [2.24, 2.45) is 0 Å². The van der Waals surface area contributed by atoms with Crippen molar-refractivity contribution >= 4 is 17.4 Å². The second-order valence-electron chi connectivity index (χ2n) is 6.22. The molecule has 4 rings (SSSR count). The first kappa shape index (κ1) is 18.4. The van der Waals surface area contributed by atoms with Crippen LogP contribution in [0.2, 0.25) is 0 Å². The minimum absolute atomic E-state index is 0.204. The summed E-state index contributed by atoms with van der Waals surface area (Å²) in [7, 11) is 0. The van der Waals surface area contributed by atoms with Gasteiger partial charge in [0.05, 0.1) is 12.8 Å². The van der Waals surface area contributed by atoms with Crippen LogP contribution in [0.25, 0.3) is 11.4 Å². The number of rotatable bonds is 6. The van der Waals surface area contributed by atoms with Gasteiger partial charge in [0.1, 0.15) is 23.1 Å². The smallest absolute Gasteiger partial charge is 0.270 e. The third-order valence-electron chi connectivity index (χ3n) is 4.11. The van der Waals surface area contributed by atoms with Gasteiger partial charge in [-0.25, -0.2) is 14.4 Å². The van der Waals surface area contributed by atoms with Gasteiger partial charge in [-0.05, 0) is 36.4 Å². The van der Waals surface area contributed by atoms with Crippen LogP contribution in [0.5, 0.6) is 0 Å². The zero-order valence-electron chi connectivity index (χ0n) is 15.3. The maximum Gasteiger partial charge on any atom is 0.270 e. The highest BCUT2D eigenvalue weighted by Crippen LogP contribution is 2.21. The molecule has 0 aliphatic rings. The van der Waals surface area contributed by atoms with Crippen molar-refractivity contribution in [2.75, 3.05) is 5.32 Å². The highest BCUT2D eigenvalue weighted by atomic mass is 19.1. The monoisotopic (exact) mass is 388 g/mol. The molecule has 6 nitrogen and oxygen atoms in total. The number of nitrogens with zero attached hydrogens (tertiary/aromatic N) is 2. The number of furan rings is 1. The van der Waals surface area contributed by atoms with Gasteiger partial charge in [-0.15, -0.1) is 0 Å². The molecule has 144 valence electrons. The van der Waals surface area contributed by atoms with Crippen molar-refractivity contribution in [3.8, 4) is 11.4 Å². The molecule has 0 spiro atoms. The van der Waals surface area contributed by atoms with Gasteiger partial charge < -0.3 is 15.1 Å². The van der Waals surface area contributed by atoms with Gasteiger partial charge in [-0.1, -0.05) is 30.3 Å². The van der Waals surface area contributed by atoms with Crippen LogP contribution in [0.15, 0.2) is 83.5 Å². The van der Waals surface area contributed by atoms with E-state index in [-0.39, 0.29) is 24.0 Å². The van der Waals surface area contributed by atoms with Crippen LogP contribution in [0.1, 0.15) is 16.2 Å². The standard InChI is InChI=1S/C22H17FN4O2/c23-16-8-10-17(11-9-16)25-20-13-19(22(28)24-14-18-7-4-12-29-18)26-21(27-20)15-5-2-1-3-6-15/h1-13H,14H2,(H,24,28)(H,25,26,27). The molecule has 0 radical (unpaired) electrons. The Morgan fingerprint density at radius 3 is 2.48 bits per heavy atom. The minimum atomic E-state index is -0.358. The SMILES string of the molecule is O=C(NCc1ccco1)c1cc(Nc2ccc(F)cc2)nc(-c2ccccc2)n1. The van der Waals surface area contributed by atoms with Crippen molar-refractivity contribution in [3.05, 3.63) is 96.3 Å². The van der Waals surface area contributed by atoms with E-state index in [0.29, 0.717) is 23.1 Å². The van der Waals surface area contributed by atoms with Crippen LogP contribution in [0.4, 0.5) is 15.9 Å². The van der Waals surface area contributed by atoms with Gasteiger partial charge in [0, 0.05) is 17.3 Å². The molecule has 0 fully saturated rings. The quantitative estimate of drug-likeness (QED) is 0.507. The van der Waals surface area contributed by atoms with Crippen molar-refractivity contribution in [1.29, 1.82) is 0 Å². The van der Waals surface area contributed by atoms with Crippen molar-refractivity contribution in [3.63, 3.8) is 0 Å². The lowest BCUT2D eigenvalue weighted by Gasteiger charge is -2.10. The van der Waals surface area contributed by atoms with Crippen LogP contribution >= 0.6 is 0 Å². The Kier molecular flexibility index (Phi) is 5.29. The molecule has 2 heterocycles. The summed E-state index contributed by atoms with van der Waals surface area (Å²) in [4.78, 5) is 21.6. The van der Waals surface area contributed by atoms with E-state index in [1.165, 1.54) is 12.1 Å². The average molecular weight is 388 g/mol. The maximum absolute atomic E-state index is 13.2. The molecule has 0 saturated heterocycles. The second-order valence-corrected chi connectivity index (χ2v) is 6.22. The van der Waals surface area contributed by atoms with Crippen molar-refractivity contribution < 1.29 is 13.6 Å². The molecule has 0 bridgehead atoms. The van der Waals surface area contributed by atoms with E-state index in [0.717, 1.165) is 5.56 Å². The van der Waals surface area contributed by atoms with Crippen molar-refractivity contribution in [2.45, 2.75) is 6.54 Å². The first-order chi connectivity index (χ1) is 14.2. The Bertz CT molecular complexity index is 1100. The van der Waals surface area contributed by atoms with E-state index in [4.69, 9.17) is 4.42 Å². The zero-order valence-corrected chi connectivity index (χ0v) is 15.3. The molecular weight excluding hydrogens is 371 g/mol. The number of carbonyl (C=O) groups excluding carboxylic acids is 1. The highest BCUT2D eigenvalue weighted by Gasteiger charge is 2.14. The van der Waals surface area contributed by atoms with E-state index in [1.807, 2.05) is 30.3 Å². The number of amides is 1. The number of halogens is 1. The number of aromatic nitrogens is 2. The van der Waals surface area contributed by atoms with Gasteiger partial charge >= 0.3 is 0 Å². The predicted octanol–water partition coefficient (Wildman–Crippen LogP) is 4.55. The lowest BCUT2D eigenvalue weighted by Crippen LogP contribution is -2.24. The summed E-state index contributed by atoms with van der Waals surface area (Å²) in [6.45, 7) is 0.247. The van der Waals surface area contributed by atoms with Gasteiger partial charge in [0.25, 0.3) is 5.91 Å². The van der Waals surface area contributed by atoms with Gasteiger partial charge in [0.15, 0.2) is 5.82 Å². The number of hydrogen-bond acceptors (Lipinski definition) is 5. The normalized spacial score (nSPS) is 10.5. The summed E-state index contributed by atoms with van der Waals surface area (Å²) in [5.74, 6) is 0.777. The van der Waals surface area contributed by atoms with E-state index in [1.54, 1.807) is 36.6 Å². The Balaban J connectivity index is 1.63. The number of nitrogens with one attached hydrogen (secondary N) is 2. The summed E-state index contributed by atoms with van der Waals surface area (Å²) >= 11 is 0. The molecule has 2 aromatic heterocycles. The molecule has 7 heteroatoms. The minimum Gasteiger partial charge on any atom is -0.467 e. The maximum atomic E-state index is 13.2. The van der Waals surface area contributed by atoms with Crippen LogP contribution in [0, 0.1) is 5.82 Å². The summed E-state index contributed by atoms with van der Waals surface area (Å²) in [5, 5.41) is 5.87. The van der Waals surface area contributed by atoms with Crippen LogP contribution in [-0.4, -0.2) is 15.9 Å². The summed E-state index contributed by atoms with van der Waals surface area (Å²) in [6, 6.07) is 20.3. The van der Waals surface area contributed by atoms with E-state index >= 15 is 0 Å². The molecule has 2 N–H and O–H groups in total. The number of anilines is 2. The Hall–Kier alpha value is -4.00. The predicted molar refractivity (Wildman–Crippen MR) is 107 cm³/mol. The first-order valence-corrected chi connectivity index (χ1v) is 8.95. The lowest BCUT2D eigenvalue weighted by atomic mass is 10.2. The molecule has 0 saturated carbocycles.